The van der Waals surface area contributed by atoms with Crippen molar-refractivity contribution in [1.29, 1.82) is 0 Å². The van der Waals surface area contributed by atoms with E-state index in [9.17, 15) is 4.79 Å². The van der Waals surface area contributed by atoms with Gasteiger partial charge in [0.1, 0.15) is 0 Å². The molecule has 3 rings (SSSR count). The molecule has 0 radical (unpaired) electrons. The van der Waals surface area contributed by atoms with Gasteiger partial charge in [-0.3, -0.25) is 4.79 Å². The average molecular weight is 292 g/mol. The van der Waals surface area contributed by atoms with Crippen LogP contribution in [0.2, 0.25) is 0 Å². The van der Waals surface area contributed by atoms with Crippen molar-refractivity contribution in [2.24, 2.45) is 0 Å². The molecule has 1 aliphatic rings. The van der Waals surface area contributed by atoms with Crippen LogP contribution in [-0.4, -0.2) is 11.3 Å². The van der Waals surface area contributed by atoms with Crippen LogP contribution in [0.3, 0.4) is 0 Å². The van der Waals surface area contributed by atoms with E-state index in [0.29, 0.717) is 5.92 Å². The fraction of sp³-hybridized carbons (Fsp3) is 0.357. The first-order chi connectivity index (χ1) is 8.29. The van der Waals surface area contributed by atoms with Gasteiger partial charge in [-0.25, -0.2) is 0 Å². The quantitative estimate of drug-likeness (QED) is 0.817. The summed E-state index contributed by atoms with van der Waals surface area (Å²) in [5.74, 6) is 0.543. The van der Waals surface area contributed by atoms with Gasteiger partial charge in [-0.1, -0.05) is 28.8 Å². The largest absolute Gasteiger partial charge is 0.358 e. The lowest BCUT2D eigenvalue weighted by Gasteiger charge is -2.07. The summed E-state index contributed by atoms with van der Waals surface area (Å²) in [6.07, 6.45) is 5.96. The van der Waals surface area contributed by atoms with E-state index in [2.05, 4.69) is 20.9 Å². The minimum atomic E-state index is 0.543. The molecule has 1 heterocycles. The van der Waals surface area contributed by atoms with Gasteiger partial charge in [0.2, 0.25) is 0 Å². The molecular formula is C14H14BrNO. The van der Waals surface area contributed by atoms with Gasteiger partial charge in [0.15, 0.2) is 6.29 Å². The molecule has 2 nitrogen and oxygen atoms in total. The van der Waals surface area contributed by atoms with Crippen LogP contribution >= 0.6 is 15.9 Å². The van der Waals surface area contributed by atoms with E-state index in [1.54, 1.807) is 0 Å². The fourth-order valence-corrected chi connectivity index (χ4v) is 3.23. The number of nitrogens with one attached hydrogen (secondary N) is 1. The van der Waals surface area contributed by atoms with Gasteiger partial charge in [-0.2, -0.15) is 0 Å². The standard InChI is InChI=1S/C14H14BrNO/c15-10-5-6-13-11(7-10)12(8-17)14(16-13)9-3-1-2-4-9/h5-9,16H,1-4H2. The van der Waals surface area contributed by atoms with Gasteiger partial charge >= 0.3 is 0 Å². The zero-order chi connectivity index (χ0) is 11.8. The third kappa shape index (κ3) is 1.82. The Hall–Kier alpha value is -1.09. The number of carbonyl (C=O) groups is 1. The maximum atomic E-state index is 11.3. The van der Waals surface area contributed by atoms with Crippen LogP contribution in [0.4, 0.5) is 0 Å². The third-order valence-corrected chi connectivity index (χ3v) is 4.21. The number of aromatic nitrogens is 1. The number of carbonyl (C=O) groups excluding carboxylic acids is 1. The van der Waals surface area contributed by atoms with Gasteiger partial charge in [0.05, 0.1) is 0 Å². The van der Waals surface area contributed by atoms with Crippen LogP contribution < -0.4 is 0 Å². The van der Waals surface area contributed by atoms with E-state index in [4.69, 9.17) is 0 Å². The van der Waals surface area contributed by atoms with Crippen molar-refractivity contribution in [3.8, 4) is 0 Å². The first-order valence-corrected chi connectivity index (χ1v) is 6.85. The van der Waals surface area contributed by atoms with Crippen LogP contribution in [0.25, 0.3) is 10.9 Å². The molecule has 0 saturated heterocycles. The Bertz CT molecular complexity index is 567. The van der Waals surface area contributed by atoms with Crippen LogP contribution in [0, 0.1) is 0 Å². The van der Waals surface area contributed by atoms with Gasteiger partial charge in [0, 0.05) is 26.6 Å². The second kappa shape index (κ2) is 4.30. The van der Waals surface area contributed by atoms with Crippen molar-refractivity contribution >= 4 is 33.1 Å². The zero-order valence-electron chi connectivity index (χ0n) is 9.50. The van der Waals surface area contributed by atoms with Gasteiger partial charge < -0.3 is 4.98 Å². The second-order valence-electron chi connectivity index (χ2n) is 4.74. The van der Waals surface area contributed by atoms with E-state index in [1.807, 2.05) is 18.2 Å². The molecule has 0 atom stereocenters. The summed E-state index contributed by atoms with van der Waals surface area (Å²) in [4.78, 5) is 14.8. The van der Waals surface area contributed by atoms with Crippen molar-refractivity contribution < 1.29 is 4.79 Å². The molecule has 88 valence electrons. The first kappa shape index (κ1) is 11.0. The van der Waals surface area contributed by atoms with Crippen LogP contribution in [0.15, 0.2) is 22.7 Å². The second-order valence-corrected chi connectivity index (χ2v) is 5.66. The smallest absolute Gasteiger partial charge is 0.152 e. The minimum absolute atomic E-state index is 0.543. The SMILES string of the molecule is O=Cc1c(C2CCCC2)[nH]c2ccc(Br)cc12. The molecule has 17 heavy (non-hydrogen) atoms. The molecule has 1 saturated carbocycles. The average Bonchev–Trinajstić information content (AvgIpc) is 2.94. The first-order valence-electron chi connectivity index (χ1n) is 6.06. The lowest BCUT2D eigenvalue weighted by Crippen LogP contribution is -1.96. The number of aromatic amines is 1. The molecule has 0 unspecified atom stereocenters. The van der Waals surface area contributed by atoms with Crippen molar-refractivity contribution in [1.82, 2.24) is 4.98 Å². The summed E-state index contributed by atoms with van der Waals surface area (Å²) in [5, 5.41) is 1.04. The molecule has 0 bridgehead atoms. The molecule has 0 aliphatic heterocycles. The Balaban J connectivity index is 2.20. The predicted octanol–water partition coefficient (Wildman–Crippen LogP) is 4.40. The number of halogens is 1. The maximum Gasteiger partial charge on any atom is 0.152 e. The lowest BCUT2D eigenvalue weighted by molar-refractivity contribution is 0.112. The minimum Gasteiger partial charge on any atom is -0.358 e. The Morgan fingerprint density at radius 3 is 2.76 bits per heavy atom. The highest BCUT2D eigenvalue weighted by Crippen LogP contribution is 2.37. The lowest BCUT2D eigenvalue weighted by atomic mass is 9.99. The van der Waals surface area contributed by atoms with Crippen molar-refractivity contribution in [3.05, 3.63) is 33.9 Å². The molecular weight excluding hydrogens is 278 g/mol. The van der Waals surface area contributed by atoms with E-state index in [1.165, 1.54) is 25.7 Å². The van der Waals surface area contributed by atoms with Crippen LogP contribution in [0.1, 0.15) is 47.7 Å². The summed E-state index contributed by atoms with van der Waals surface area (Å²) < 4.78 is 1.02. The number of benzene rings is 1. The summed E-state index contributed by atoms with van der Waals surface area (Å²) >= 11 is 3.46. The molecule has 1 aliphatic carbocycles. The molecule has 0 amide bonds. The highest BCUT2D eigenvalue weighted by molar-refractivity contribution is 9.10. The Labute approximate surface area is 109 Å². The third-order valence-electron chi connectivity index (χ3n) is 3.71. The van der Waals surface area contributed by atoms with Crippen molar-refractivity contribution in [2.45, 2.75) is 31.6 Å². The van der Waals surface area contributed by atoms with Crippen molar-refractivity contribution in [3.63, 3.8) is 0 Å². The Kier molecular flexibility index (Phi) is 2.79. The fourth-order valence-electron chi connectivity index (χ4n) is 2.87. The molecule has 0 spiro atoms. The summed E-state index contributed by atoms with van der Waals surface area (Å²) in [6, 6.07) is 6.06. The van der Waals surface area contributed by atoms with Gasteiger partial charge in [0.25, 0.3) is 0 Å². The molecule has 1 aromatic heterocycles. The number of fused-ring (bicyclic) bond motifs is 1. The summed E-state index contributed by atoms with van der Waals surface area (Å²) in [6.45, 7) is 0. The van der Waals surface area contributed by atoms with Crippen LogP contribution in [0.5, 0.6) is 0 Å². The van der Waals surface area contributed by atoms with Gasteiger partial charge in [-0.05, 0) is 37.0 Å². The molecule has 1 fully saturated rings. The van der Waals surface area contributed by atoms with E-state index < -0.39 is 0 Å². The van der Waals surface area contributed by atoms with E-state index >= 15 is 0 Å². The highest BCUT2D eigenvalue weighted by atomic mass is 79.9. The molecule has 1 N–H and O–H groups in total. The molecule has 3 heteroatoms. The number of hydrogen-bond acceptors (Lipinski definition) is 1. The number of rotatable bonds is 2. The molecule has 1 aromatic carbocycles. The Morgan fingerprint density at radius 1 is 1.29 bits per heavy atom. The Morgan fingerprint density at radius 2 is 2.06 bits per heavy atom. The zero-order valence-corrected chi connectivity index (χ0v) is 11.1. The van der Waals surface area contributed by atoms with Crippen molar-refractivity contribution in [2.75, 3.05) is 0 Å². The number of hydrogen-bond donors (Lipinski definition) is 1. The summed E-state index contributed by atoms with van der Waals surface area (Å²) in [7, 11) is 0. The van der Waals surface area contributed by atoms with Gasteiger partial charge in [-0.15, -0.1) is 0 Å². The normalized spacial score (nSPS) is 16.8. The van der Waals surface area contributed by atoms with E-state index in [0.717, 1.165) is 32.9 Å². The monoisotopic (exact) mass is 291 g/mol. The van der Waals surface area contributed by atoms with E-state index in [-0.39, 0.29) is 0 Å². The summed E-state index contributed by atoms with van der Waals surface area (Å²) in [5.41, 5.74) is 3.07. The number of aldehydes is 1. The molecule has 2 aromatic rings. The topological polar surface area (TPSA) is 32.9 Å². The highest BCUT2D eigenvalue weighted by Gasteiger charge is 2.23. The predicted molar refractivity (Wildman–Crippen MR) is 72.6 cm³/mol. The van der Waals surface area contributed by atoms with Crippen LogP contribution in [-0.2, 0) is 0 Å². The number of H-pyrrole nitrogens is 1. The maximum absolute atomic E-state index is 11.3.